The zero-order valence-electron chi connectivity index (χ0n) is 13.0. The molecule has 0 aliphatic rings. The van der Waals surface area contributed by atoms with Crippen LogP contribution in [0.1, 0.15) is 68.8 Å². The largest absolute Gasteiger partial charge is 0.496 e. The van der Waals surface area contributed by atoms with E-state index in [-0.39, 0.29) is 5.41 Å². The van der Waals surface area contributed by atoms with Gasteiger partial charge in [0.05, 0.1) is 12.7 Å². The first-order valence-electron chi connectivity index (χ1n) is 7.34. The SMILES string of the molecule is CCCCCCC(C)(C)c1cc(C(=O)O)ccc1OC. The van der Waals surface area contributed by atoms with Crippen molar-refractivity contribution in [2.45, 2.75) is 58.3 Å². The molecule has 0 bridgehead atoms. The van der Waals surface area contributed by atoms with E-state index in [9.17, 15) is 4.79 Å². The quantitative estimate of drug-likeness (QED) is 0.704. The normalized spacial score (nSPS) is 11.4. The van der Waals surface area contributed by atoms with Gasteiger partial charge in [0.15, 0.2) is 0 Å². The fourth-order valence-corrected chi connectivity index (χ4v) is 2.50. The molecule has 3 nitrogen and oxygen atoms in total. The fourth-order valence-electron chi connectivity index (χ4n) is 2.50. The predicted octanol–water partition coefficient (Wildman–Crippen LogP) is 4.64. The highest BCUT2D eigenvalue weighted by Gasteiger charge is 2.25. The van der Waals surface area contributed by atoms with Crippen molar-refractivity contribution in [2.75, 3.05) is 7.11 Å². The number of ether oxygens (including phenoxy) is 1. The lowest BCUT2D eigenvalue weighted by Gasteiger charge is -2.27. The summed E-state index contributed by atoms with van der Waals surface area (Å²) in [7, 11) is 1.63. The number of hydrogen-bond acceptors (Lipinski definition) is 2. The van der Waals surface area contributed by atoms with Crippen LogP contribution in [-0.4, -0.2) is 18.2 Å². The first-order chi connectivity index (χ1) is 9.42. The molecular formula is C17H26O3. The van der Waals surface area contributed by atoms with E-state index in [1.54, 1.807) is 25.3 Å². The maximum Gasteiger partial charge on any atom is 0.335 e. The summed E-state index contributed by atoms with van der Waals surface area (Å²) in [5.74, 6) is -0.119. The summed E-state index contributed by atoms with van der Waals surface area (Å²) in [6, 6.07) is 5.10. The minimum Gasteiger partial charge on any atom is -0.496 e. The number of methoxy groups -OCH3 is 1. The van der Waals surface area contributed by atoms with E-state index in [1.807, 2.05) is 0 Å². The highest BCUT2D eigenvalue weighted by molar-refractivity contribution is 5.88. The highest BCUT2D eigenvalue weighted by atomic mass is 16.5. The molecule has 0 atom stereocenters. The molecule has 3 heteroatoms. The van der Waals surface area contributed by atoms with E-state index in [1.165, 1.54) is 19.3 Å². The molecule has 0 saturated carbocycles. The van der Waals surface area contributed by atoms with E-state index in [4.69, 9.17) is 9.84 Å². The Bertz CT molecular complexity index is 450. The zero-order valence-corrected chi connectivity index (χ0v) is 13.0. The number of carboxylic acids is 1. The molecule has 1 aromatic rings. The van der Waals surface area contributed by atoms with Crippen LogP contribution in [-0.2, 0) is 5.41 Å². The van der Waals surface area contributed by atoms with Crippen molar-refractivity contribution in [1.82, 2.24) is 0 Å². The molecule has 0 unspecified atom stereocenters. The fraction of sp³-hybridized carbons (Fsp3) is 0.588. The minimum atomic E-state index is -0.893. The van der Waals surface area contributed by atoms with Gasteiger partial charge < -0.3 is 9.84 Å². The van der Waals surface area contributed by atoms with Crippen LogP contribution in [0.3, 0.4) is 0 Å². The Labute approximate surface area is 122 Å². The van der Waals surface area contributed by atoms with E-state index < -0.39 is 5.97 Å². The third kappa shape index (κ3) is 4.26. The standard InChI is InChI=1S/C17H26O3/c1-5-6-7-8-11-17(2,3)14-12-13(16(18)19)9-10-15(14)20-4/h9-10,12H,5-8,11H2,1-4H3,(H,18,19). The number of rotatable bonds is 8. The van der Waals surface area contributed by atoms with Crippen LogP contribution in [0.2, 0.25) is 0 Å². The minimum absolute atomic E-state index is 0.0788. The smallest absolute Gasteiger partial charge is 0.335 e. The zero-order chi connectivity index (χ0) is 15.2. The van der Waals surface area contributed by atoms with Gasteiger partial charge in [0.25, 0.3) is 0 Å². The van der Waals surface area contributed by atoms with E-state index >= 15 is 0 Å². The number of hydrogen-bond donors (Lipinski definition) is 1. The Balaban J connectivity index is 2.95. The first kappa shape index (κ1) is 16.5. The molecule has 1 N–H and O–H groups in total. The maximum atomic E-state index is 11.1. The molecule has 0 radical (unpaired) electrons. The van der Waals surface area contributed by atoms with Crippen LogP contribution < -0.4 is 4.74 Å². The molecule has 0 aliphatic carbocycles. The Morgan fingerprint density at radius 2 is 1.95 bits per heavy atom. The van der Waals surface area contributed by atoms with Crippen LogP contribution in [0.5, 0.6) is 5.75 Å². The Hall–Kier alpha value is -1.51. The first-order valence-corrected chi connectivity index (χ1v) is 7.34. The van der Waals surface area contributed by atoms with E-state index in [0.717, 1.165) is 24.2 Å². The van der Waals surface area contributed by atoms with Gasteiger partial charge in [0, 0.05) is 5.56 Å². The second kappa shape index (κ2) is 7.32. The number of aromatic carboxylic acids is 1. The van der Waals surface area contributed by atoms with Crippen molar-refractivity contribution in [3.05, 3.63) is 29.3 Å². The summed E-state index contributed by atoms with van der Waals surface area (Å²) in [5, 5.41) is 9.14. The van der Waals surface area contributed by atoms with Crippen molar-refractivity contribution >= 4 is 5.97 Å². The Kier molecular flexibility index (Phi) is 6.05. The molecule has 0 amide bonds. The second-order valence-corrected chi connectivity index (χ2v) is 5.91. The van der Waals surface area contributed by atoms with E-state index in [2.05, 4.69) is 20.8 Å². The molecule has 1 aromatic carbocycles. The number of carboxylic acid groups (broad SMARTS) is 1. The molecular weight excluding hydrogens is 252 g/mol. The van der Waals surface area contributed by atoms with Crippen molar-refractivity contribution in [2.24, 2.45) is 0 Å². The van der Waals surface area contributed by atoms with Gasteiger partial charge in [-0.15, -0.1) is 0 Å². The number of benzene rings is 1. The molecule has 0 heterocycles. The summed E-state index contributed by atoms with van der Waals surface area (Å²) in [6.45, 7) is 6.51. The molecule has 0 saturated heterocycles. The van der Waals surface area contributed by atoms with Gasteiger partial charge in [0.1, 0.15) is 5.75 Å². The van der Waals surface area contributed by atoms with Crippen LogP contribution in [0.4, 0.5) is 0 Å². The van der Waals surface area contributed by atoms with Gasteiger partial charge >= 0.3 is 5.97 Å². The van der Waals surface area contributed by atoms with Crippen LogP contribution in [0.15, 0.2) is 18.2 Å². The van der Waals surface area contributed by atoms with Crippen LogP contribution in [0, 0.1) is 0 Å². The monoisotopic (exact) mass is 278 g/mol. The predicted molar refractivity (Wildman–Crippen MR) is 81.7 cm³/mol. The van der Waals surface area contributed by atoms with Crippen molar-refractivity contribution in [1.29, 1.82) is 0 Å². The average Bonchev–Trinajstić information content (AvgIpc) is 2.42. The molecule has 112 valence electrons. The number of carbonyl (C=O) groups is 1. The Morgan fingerprint density at radius 1 is 1.25 bits per heavy atom. The van der Waals surface area contributed by atoms with Gasteiger partial charge in [0.2, 0.25) is 0 Å². The van der Waals surface area contributed by atoms with Gasteiger partial charge in [-0.2, -0.15) is 0 Å². The third-order valence-corrected chi connectivity index (χ3v) is 3.83. The lowest BCUT2D eigenvalue weighted by Crippen LogP contribution is -2.19. The lowest BCUT2D eigenvalue weighted by atomic mass is 9.79. The van der Waals surface area contributed by atoms with Crippen LogP contribution in [0.25, 0.3) is 0 Å². The van der Waals surface area contributed by atoms with Gasteiger partial charge in [-0.3, -0.25) is 0 Å². The summed E-state index contributed by atoms with van der Waals surface area (Å²) in [4.78, 5) is 11.1. The molecule has 0 spiro atoms. The maximum absolute atomic E-state index is 11.1. The van der Waals surface area contributed by atoms with Crippen molar-refractivity contribution in [3.8, 4) is 5.75 Å². The second-order valence-electron chi connectivity index (χ2n) is 5.91. The van der Waals surface area contributed by atoms with Crippen LogP contribution >= 0.6 is 0 Å². The van der Waals surface area contributed by atoms with Gasteiger partial charge in [-0.25, -0.2) is 4.79 Å². The highest BCUT2D eigenvalue weighted by Crippen LogP contribution is 2.36. The molecule has 20 heavy (non-hydrogen) atoms. The topological polar surface area (TPSA) is 46.5 Å². The molecule has 0 fully saturated rings. The number of unbranched alkanes of at least 4 members (excludes halogenated alkanes) is 3. The molecule has 0 aliphatic heterocycles. The van der Waals surface area contributed by atoms with E-state index in [0.29, 0.717) is 5.56 Å². The summed E-state index contributed by atoms with van der Waals surface area (Å²) in [6.07, 6.45) is 5.88. The Morgan fingerprint density at radius 3 is 2.50 bits per heavy atom. The molecule has 0 aromatic heterocycles. The summed E-state index contributed by atoms with van der Waals surface area (Å²) in [5.41, 5.74) is 1.23. The summed E-state index contributed by atoms with van der Waals surface area (Å²) >= 11 is 0. The van der Waals surface area contributed by atoms with Gasteiger partial charge in [-0.1, -0.05) is 46.5 Å². The van der Waals surface area contributed by atoms with Crippen molar-refractivity contribution in [3.63, 3.8) is 0 Å². The van der Waals surface area contributed by atoms with Crippen molar-refractivity contribution < 1.29 is 14.6 Å². The summed E-state index contributed by atoms with van der Waals surface area (Å²) < 4.78 is 5.40. The third-order valence-electron chi connectivity index (χ3n) is 3.83. The lowest BCUT2D eigenvalue weighted by molar-refractivity contribution is 0.0696. The average molecular weight is 278 g/mol. The molecule has 1 rings (SSSR count). The van der Waals surface area contributed by atoms with Gasteiger partial charge in [-0.05, 0) is 30.0 Å².